The molecule has 27 heteroatoms. The first-order valence-electron chi connectivity index (χ1n) is 12.2. The van der Waals surface area contributed by atoms with E-state index < -0.39 is 119 Å². The van der Waals surface area contributed by atoms with Crippen LogP contribution in [0.4, 0.5) is 74.6 Å². The molecule has 0 aromatic heterocycles. The summed E-state index contributed by atoms with van der Waals surface area (Å²) in [7, 11) is 0. The molecule has 1 rings (SSSR count). The average molecular weight is 782 g/mol. The highest BCUT2D eigenvalue weighted by Gasteiger charge is 2.95. The van der Waals surface area contributed by atoms with Crippen LogP contribution in [-0.2, 0) is 42.9 Å². The Labute approximate surface area is 265 Å². The zero-order valence-electron chi connectivity index (χ0n) is 24.1. The van der Waals surface area contributed by atoms with Crippen LogP contribution in [0.1, 0.15) is 27.7 Å². The predicted octanol–water partition coefficient (Wildman–Crippen LogP) is 5.77. The van der Waals surface area contributed by atoms with E-state index in [2.05, 4.69) is 14.2 Å². The fourth-order valence-electron chi connectivity index (χ4n) is 3.65. The van der Waals surface area contributed by atoms with Gasteiger partial charge in [-0.2, -0.15) is 74.6 Å². The molecule has 286 valence electrons. The zero-order chi connectivity index (χ0) is 39.1. The Morgan fingerprint density at radius 3 is 1.22 bits per heavy atom. The molecule has 1 heterocycles. The SMILES string of the molecule is CC(=O)OC[C@H]1O[C@@H](SC(F)(F)C(F)(F)C(F)(F)C(F)(F)C(F)(F)C(F)(F)C(F)(F)C(F)(F)F)[C@H](OC(C)=O)[C@@H](OC(C)=O)[C@@H]1OC(C)=O. The second-order valence-electron chi connectivity index (χ2n) is 9.65. The number of carbonyl (C=O) groups is 4. The number of thioether (sulfide) groups is 1. The molecule has 0 radical (unpaired) electrons. The Balaban J connectivity index is 3.85. The van der Waals surface area contributed by atoms with Crippen LogP contribution in [0, 0.1) is 0 Å². The molecule has 0 amide bonds. The maximum atomic E-state index is 14.9. The van der Waals surface area contributed by atoms with Gasteiger partial charge in [0.1, 0.15) is 18.1 Å². The Morgan fingerprint density at radius 2 is 0.857 bits per heavy atom. The fraction of sp³-hybridized carbons (Fsp3) is 0.818. The third-order valence-corrected chi connectivity index (χ3v) is 7.07. The molecule has 0 saturated carbocycles. The first-order valence-corrected chi connectivity index (χ1v) is 13.1. The van der Waals surface area contributed by atoms with E-state index >= 15 is 0 Å². The van der Waals surface area contributed by atoms with Gasteiger partial charge >= 0.3 is 70.8 Å². The molecule has 0 aliphatic carbocycles. The van der Waals surface area contributed by atoms with Gasteiger partial charge in [-0.25, -0.2) is 0 Å². The highest BCUT2D eigenvalue weighted by atomic mass is 32.2. The summed E-state index contributed by atoms with van der Waals surface area (Å²) in [6, 6.07) is 0. The zero-order valence-corrected chi connectivity index (χ0v) is 24.9. The summed E-state index contributed by atoms with van der Waals surface area (Å²) in [6.07, 6.45) is -17.9. The van der Waals surface area contributed by atoms with Crippen molar-refractivity contribution in [2.45, 2.75) is 105 Å². The number of hydrogen-bond donors (Lipinski definition) is 0. The molecule has 0 spiro atoms. The van der Waals surface area contributed by atoms with E-state index in [4.69, 9.17) is 9.47 Å². The van der Waals surface area contributed by atoms with Crippen molar-refractivity contribution in [1.29, 1.82) is 0 Å². The van der Waals surface area contributed by atoms with E-state index in [1.54, 1.807) is 0 Å². The minimum absolute atomic E-state index is 0.415. The van der Waals surface area contributed by atoms with E-state index in [9.17, 15) is 93.8 Å². The molecule has 5 atom stereocenters. The summed E-state index contributed by atoms with van der Waals surface area (Å²) in [5.41, 5.74) is -3.29. The van der Waals surface area contributed by atoms with Crippen LogP contribution in [0.2, 0.25) is 0 Å². The number of alkyl halides is 17. The molecule has 1 aliphatic heterocycles. The number of esters is 4. The second-order valence-corrected chi connectivity index (χ2v) is 10.9. The van der Waals surface area contributed by atoms with Crippen molar-refractivity contribution in [2.75, 3.05) is 6.61 Å². The van der Waals surface area contributed by atoms with Crippen LogP contribution < -0.4 is 0 Å². The molecule has 0 aromatic carbocycles. The Morgan fingerprint density at radius 1 is 0.510 bits per heavy atom. The molecule has 0 bridgehead atoms. The number of rotatable bonds is 13. The van der Waals surface area contributed by atoms with Crippen LogP contribution in [-0.4, -0.2) is 107 Å². The largest absolute Gasteiger partial charge is 0.463 e. The smallest absolute Gasteiger partial charge is 0.460 e. The summed E-state index contributed by atoms with van der Waals surface area (Å²) in [5, 5.41) is -7.11. The van der Waals surface area contributed by atoms with Crippen molar-refractivity contribution < 1.29 is 117 Å². The van der Waals surface area contributed by atoms with Gasteiger partial charge in [-0.1, -0.05) is 0 Å². The lowest BCUT2D eigenvalue weighted by Crippen LogP contribution is -2.74. The van der Waals surface area contributed by atoms with E-state index in [-0.39, 0.29) is 0 Å². The van der Waals surface area contributed by atoms with Crippen LogP contribution in [0.25, 0.3) is 0 Å². The third-order valence-electron chi connectivity index (χ3n) is 5.91. The van der Waals surface area contributed by atoms with Crippen LogP contribution in [0.3, 0.4) is 0 Å². The van der Waals surface area contributed by atoms with Gasteiger partial charge < -0.3 is 23.7 Å². The van der Waals surface area contributed by atoms with Crippen molar-refractivity contribution in [3.63, 3.8) is 0 Å². The number of hydrogen-bond acceptors (Lipinski definition) is 10. The highest BCUT2D eigenvalue weighted by Crippen LogP contribution is 2.65. The topological polar surface area (TPSA) is 114 Å². The molecule has 1 aliphatic rings. The lowest BCUT2D eigenvalue weighted by Gasteiger charge is -2.46. The molecule has 1 fully saturated rings. The molecule has 1 saturated heterocycles. The fourth-order valence-corrected chi connectivity index (χ4v) is 4.76. The van der Waals surface area contributed by atoms with Crippen molar-refractivity contribution in [3.05, 3.63) is 0 Å². The number of carbonyl (C=O) groups excluding carboxylic acids is 4. The van der Waals surface area contributed by atoms with Gasteiger partial charge in [-0.3, -0.25) is 19.2 Å². The first kappa shape index (κ1) is 44.0. The van der Waals surface area contributed by atoms with Gasteiger partial charge in [-0.15, -0.1) is 0 Å². The van der Waals surface area contributed by atoms with Crippen LogP contribution in [0.15, 0.2) is 0 Å². The summed E-state index contributed by atoms with van der Waals surface area (Å²) >= 11 is -2.19. The monoisotopic (exact) mass is 782 g/mol. The molecular weight excluding hydrogens is 763 g/mol. The van der Waals surface area contributed by atoms with Gasteiger partial charge in [0.05, 0.1) is 0 Å². The van der Waals surface area contributed by atoms with E-state index in [1.165, 1.54) is 0 Å². The average Bonchev–Trinajstić information content (AvgIpc) is 2.88. The van der Waals surface area contributed by atoms with Crippen molar-refractivity contribution in [3.8, 4) is 0 Å². The molecule has 0 aromatic rings. The van der Waals surface area contributed by atoms with Crippen molar-refractivity contribution >= 4 is 35.6 Å². The summed E-state index contributed by atoms with van der Waals surface area (Å²) in [6.45, 7) is 0.925. The maximum Gasteiger partial charge on any atom is 0.460 e. The standard InChI is InChI=1S/C22H19F17O9S/c1-6(40)44-5-10-11(45-7(2)41)12(46-8(3)42)13(47-9(4)43)14(48-10)49-22(38,39)20(33,34)18(29,30)16(25,26)15(23,24)17(27,28)19(31,32)21(35,36)37/h10-14H,5H2,1-4H3/t10-,11-,12+,13-,14+/m1/s1. The molecule has 9 nitrogen and oxygen atoms in total. The highest BCUT2D eigenvalue weighted by molar-refractivity contribution is 8.00. The Kier molecular flexibility index (Phi) is 12.5. The van der Waals surface area contributed by atoms with Crippen molar-refractivity contribution in [1.82, 2.24) is 0 Å². The lowest BCUT2D eigenvalue weighted by molar-refractivity contribution is -0.458. The van der Waals surface area contributed by atoms with Gasteiger partial charge in [0.15, 0.2) is 18.3 Å². The quantitative estimate of drug-likeness (QED) is 0.130. The summed E-state index contributed by atoms with van der Waals surface area (Å²) in [4.78, 5) is 46.3. The van der Waals surface area contributed by atoms with Gasteiger partial charge in [-0.05, 0) is 11.8 Å². The Hall–Kier alpha value is -3.00. The van der Waals surface area contributed by atoms with Gasteiger partial charge in [0.25, 0.3) is 0 Å². The minimum atomic E-state index is -8.87. The van der Waals surface area contributed by atoms with E-state index in [0.29, 0.717) is 27.7 Å². The lowest BCUT2D eigenvalue weighted by atomic mass is 9.91. The number of ether oxygens (including phenoxy) is 5. The van der Waals surface area contributed by atoms with Gasteiger partial charge in [0.2, 0.25) is 0 Å². The summed E-state index contributed by atoms with van der Waals surface area (Å²) < 4.78 is 257. The minimum Gasteiger partial charge on any atom is -0.463 e. The predicted molar refractivity (Wildman–Crippen MR) is 120 cm³/mol. The van der Waals surface area contributed by atoms with E-state index in [0.717, 1.165) is 0 Å². The molecule has 0 N–H and O–H groups in total. The normalized spacial score (nSPS) is 23.4. The van der Waals surface area contributed by atoms with Gasteiger partial charge in [0, 0.05) is 27.7 Å². The molecule has 0 unspecified atom stereocenters. The molecule has 49 heavy (non-hydrogen) atoms. The first-order chi connectivity index (χ1) is 21.5. The van der Waals surface area contributed by atoms with Crippen LogP contribution in [0.5, 0.6) is 0 Å². The van der Waals surface area contributed by atoms with Crippen molar-refractivity contribution in [2.24, 2.45) is 0 Å². The van der Waals surface area contributed by atoms with Crippen LogP contribution >= 0.6 is 11.8 Å². The number of halogens is 17. The second kappa shape index (κ2) is 14.0. The Bertz CT molecular complexity index is 1260. The van der Waals surface area contributed by atoms with E-state index in [1.807, 2.05) is 0 Å². The maximum absolute atomic E-state index is 14.9. The third kappa shape index (κ3) is 8.00. The summed E-state index contributed by atoms with van der Waals surface area (Å²) in [5.74, 6) is -57.4. The molecular formula is C22H19F17O9S.